The van der Waals surface area contributed by atoms with E-state index in [0.29, 0.717) is 30.3 Å². The van der Waals surface area contributed by atoms with Crippen LogP contribution in [0.15, 0.2) is 24.3 Å². The number of likely N-dealkylation sites (tertiary alicyclic amines) is 1. The molecule has 2 fully saturated rings. The van der Waals surface area contributed by atoms with Crippen LogP contribution in [0.3, 0.4) is 0 Å². The molecule has 4 rings (SSSR count). The predicted molar refractivity (Wildman–Crippen MR) is 104 cm³/mol. The molecular weight excluding hydrogens is 373 g/mol. The van der Waals surface area contributed by atoms with E-state index in [9.17, 15) is 14.0 Å². The molecule has 2 N–H and O–H groups in total. The molecule has 0 unspecified atom stereocenters. The number of aromatic nitrogens is 3. The van der Waals surface area contributed by atoms with E-state index in [0.717, 1.165) is 25.7 Å². The third-order valence-electron chi connectivity index (χ3n) is 5.92. The largest absolute Gasteiger partial charge is 0.351 e. The lowest BCUT2D eigenvalue weighted by atomic mass is 10.0. The van der Waals surface area contributed by atoms with Gasteiger partial charge < -0.3 is 10.2 Å². The van der Waals surface area contributed by atoms with Gasteiger partial charge in [-0.1, -0.05) is 25.0 Å². The number of nitrogens with one attached hydrogen (secondary N) is 2. The Morgan fingerprint density at radius 2 is 2.07 bits per heavy atom. The standard InChI is InChI=1S/C21H26FN5O2/c1-13-23-20(26-25-13)17-11-27(19(28)10-14-5-4-8-16(22)9-14)12-18(17)24-21(29)15-6-2-3-7-15/h4-5,8-9,15,17-18H,2-3,6-7,10-12H2,1H3,(H,24,29)(H,23,25,26)/t17-,18-/m1/s1. The van der Waals surface area contributed by atoms with Crippen molar-refractivity contribution >= 4 is 11.8 Å². The van der Waals surface area contributed by atoms with Crippen molar-refractivity contribution in [3.8, 4) is 0 Å². The van der Waals surface area contributed by atoms with Crippen molar-refractivity contribution in [1.82, 2.24) is 25.4 Å². The number of nitrogens with zero attached hydrogens (tertiary/aromatic N) is 3. The van der Waals surface area contributed by atoms with Crippen LogP contribution in [0.4, 0.5) is 4.39 Å². The van der Waals surface area contributed by atoms with Crippen molar-refractivity contribution < 1.29 is 14.0 Å². The molecule has 2 aliphatic rings. The van der Waals surface area contributed by atoms with Gasteiger partial charge in [-0.05, 0) is 37.5 Å². The molecule has 1 saturated carbocycles. The highest BCUT2D eigenvalue weighted by Gasteiger charge is 2.40. The summed E-state index contributed by atoms with van der Waals surface area (Å²) < 4.78 is 13.4. The summed E-state index contributed by atoms with van der Waals surface area (Å²) in [6, 6.07) is 5.86. The number of H-pyrrole nitrogens is 1. The van der Waals surface area contributed by atoms with Gasteiger partial charge in [0.25, 0.3) is 0 Å². The molecule has 0 radical (unpaired) electrons. The number of carbonyl (C=O) groups is 2. The van der Waals surface area contributed by atoms with Gasteiger partial charge in [-0.25, -0.2) is 9.37 Å². The monoisotopic (exact) mass is 399 g/mol. The van der Waals surface area contributed by atoms with Gasteiger partial charge in [0.05, 0.1) is 18.4 Å². The zero-order valence-electron chi connectivity index (χ0n) is 16.5. The Labute approximate surface area is 169 Å². The first-order chi connectivity index (χ1) is 14.0. The van der Waals surface area contributed by atoms with E-state index in [4.69, 9.17) is 0 Å². The number of hydrogen-bond acceptors (Lipinski definition) is 4. The third kappa shape index (κ3) is 4.46. The van der Waals surface area contributed by atoms with Crippen LogP contribution in [0.2, 0.25) is 0 Å². The number of aryl methyl sites for hydroxylation is 1. The summed E-state index contributed by atoms with van der Waals surface area (Å²) in [7, 11) is 0. The molecular formula is C21H26FN5O2. The Morgan fingerprint density at radius 1 is 1.28 bits per heavy atom. The Kier molecular flexibility index (Phi) is 5.60. The maximum Gasteiger partial charge on any atom is 0.227 e. The molecule has 1 aromatic carbocycles. The lowest BCUT2D eigenvalue weighted by molar-refractivity contribution is -0.130. The average Bonchev–Trinajstić information content (AvgIpc) is 3.42. The van der Waals surface area contributed by atoms with Gasteiger partial charge in [0.1, 0.15) is 11.6 Å². The molecule has 7 nitrogen and oxygen atoms in total. The molecule has 2 atom stereocenters. The number of rotatable bonds is 5. The lowest BCUT2D eigenvalue weighted by Gasteiger charge is -2.20. The second kappa shape index (κ2) is 8.31. The minimum Gasteiger partial charge on any atom is -0.351 e. The second-order valence-electron chi connectivity index (χ2n) is 8.09. The number of halogens is 1. The zero-order valence-corrected chi connectivity index (χ0v) is 16.5. The van der Waals surface area contributed by atoms with Crippen molar-refractivity contribution in [2.24, 2.45) is 5.92 Å². The van der Waals surface area contributed by atoms with E-state index in [2.05, 4.69) is 20.5 Å². The minimum atomic E-state index is -0.354. The van der Waals surface area contributed by atoms with E-state index in [1.165, 1.54) is 12.1 Å². The fourth-order valence-electron chi connectivity index (χ4n) is 4.36. The third-order valence-corrected chi connectivity index (χ3v) is 5.92. The molecule has 1 aromatic heterocycles. The maximum absolute atomic E-state index is 13.4. The average molecular weight is 399 g/mol. The molecule has 2 aromatic rings. The topological polar surface area (TPSA) is 91.0 Å². The van der Waals surface area contributed by atoms with Crippen molar-refractivity contribution in [2.45, 2.75) is 51.0 Å². The number of benzene rings is 1. The first-order valence-corrected chi connectivity index (χ1v) is 10.2. The number of aromatic amines is 1. The second-order valence-corrected chi connectivity index (χ2v) is 8.09. The molecule has 2 heterocycles. The lowest BCUT2D eigenvalue weighted by Crippen LogP contribution is -2.43. The SMILES string of the molecule is Cc1nc([C@@H]2CN(C(=O)Cc3cccc(F)c3)C[C@H]2NC(=O)C2CCCC2)n[nH]1. The molecule has 154 valence electrons. The van der Waals surface area contributed by atoms with Crippen LogP contribution in [0.25, 0.3) is 0 Å². The summed E-state index contributed by atoms with van der Waals surface area (Å²) >= 11 is 0. The summed E-state index contributed by atoms with van der Waals surface area (Å²) in [6.45, 7) is 2.66. The molecule has 1 aliphatic carbocycles. The van der Waals surface area contributed by atoms with Crippen LogP contribution in [0, 0.1) is 18.7 Å². The predicted octanol–water partition coefficient (Wildman–Crippen LogP) is 2.10. The molecule has 8 heteroatoms. The highest BCUT2D eigenvalue weighted by molar-refractivity contribution is 5.81. The van der Waals surface area contributed by atoms with E-state index >= 15 is 0 Å². The first-order valence-electron chi connectivity index (χ1n) is 10.2. The summed E-state index contributed by atoms with van der Waals surface area (Å²) in [5.74, 6) is 0.816. The van der Waals surface area contributed by atoms with Gasteiger partial charge in [-0.2, -0.15) is 5.10 Å². The van der Waals surface area contributed by atoms with Gasteiger partial charge in [-0.3, -0.25) is 14.7 Å². The first kappa shape index (κ1) is 19.5. The molecule has 0 spiro atoms. The summed E-state index contributed by atoms with van der Waals surface area (Å²) in [5, 5.41) is 10.3. The van der Waals surface area contributed by atoms with E-state index in [1.807, 2.05) is 6.92 Å². The van der Waals surface area contributed by atoms with Gasteiger partial charge in [0.2, 0.25) is 11.8 Å². The van der Waals surface area contributed by atoms with Crippen molar-refractivity contribution in [3.63, 3.8) is 0 Å². The summed E-state index contributed by atoms with van der Waals surface area (Å²) in [6.07, 6.45) is 4.15. The Morgan fingerprint density at radius 3 is 2.76 bits per heavy atom. The minimum absolute atomic E-state index is 0.0570. The fourth-order valence-corrected chi connectivity index (χ4v) is 4.36. The Hall–Kier alpha value is -2.77. The molecule has 29 heavy (non-hydrogen) atoms. The number of carbonyl (C=O) groups excluding carboxylic acids is 2. The van der Waals surface area contributed by atoms with Gasteiger partial charge in [0, 0.05) is 19.0 Å². The van der Waals surface area contributed by atoms with E-state index in [-0.39, 0.29) is 41.9 Å². The van der Waals surface area contributed by atoms with Crippen LogP contribution < -0.4 is 5.32 Å². The molecule has 0 bridgehead atoms. The Balaban J connectivity index is 1.48. The Bertz CT molecular complexity index is 893. The van der Waals surface area contributed by atoms with Gasteiger partial charge in [-0.15, -0.1) is 0 Å². The van der Waals surface area contributed by atoms with Crippen molar-refractivity contribution in [1.29, 1.82) is 0 Å². The smallest absolute Gasteiger partial charge is 0.227 e. The van der Waals surface area contributed by atoms with E-state index in [1.54, 1.807) is 17.0 Å². The quantitative estimate of drug-likeness (QED) is 0.806. The van der Waals surface area contributed by atoms with E-state index < -0.39 is 0 Å². The molecule has 2 amide bonds. The fraction of sp³-hybridized carbons (Fsp3) is 0.524. The van der Waals surface area contributed by atoms with Gasteiger partial charge >= 0.3 is 0 Å². The molecule has 1 aliphatic heterocycles. The highest BCUT2D eigenvalue weighted by atomic mass is 19.1. The number of hydrogen-bond donors (Lipinski definition) is 2. The normalized spacial score (nSPS) is 22.2. The van der Waals surface area contributed by atoms with Crippen molar-refractivity contribution in [3.05, 3.63) is 47.3 Å². The van der Waals surface area contributed by atoms with Gasteiger partial charge in [0.15, 0.2) is 5.82 Å². The number of amides is 2. The molecule has 1 saturated heterocycles. The van der Waals surface area contributed by atoms with Crippen molar-refractivity contribution in [2.75, 3.05) is 13.1 Å². The summed E-state index contributed by atoms with van der Waals surface area (Å²) in [5.41, 5.74) is 0.638. The highest BCUT2D eigenvalue weighted by Crippen LogP contribution is 2.29. The zero-order chi connectivity index (χ0) is 20.4. The summed E-state index contributed by atoms with van der Waals surface area (Å²) in [4.78, 5) is 31.7. The maximum atomic E-state index is 13.4. The van der Waals surface area contributed by atoms with Crippen LogP contribution in [-0.2, 0) is 16.0 Å². The van der Waals surface area contributed by atoms with Crippen LogP contribution in [0.1, 0.15) is 48.8 Å². The van der Waals surface area contributed by atoms with Crippen LogP contribution in [-0.4, -0.2) is 51.0 Å². The van der Waals surface area contributed by atoms with Crippen LogP contribution >= 0.6 is 0 Å². The van der Waals surface area contributed by atoms with Crippen LogP contribution in [0.5, 0.6) is 0 Å².